The van der Waals surface area contributed by atoms with Crippen molar-refractivity contribution in [2.75, 3.05) is 51.3 Å². The topological polar surface area (TPSA) is 109 Å². The number of hydrogen-bond donors (Lipinski definition) is 3. The van der Waals surface area contributed by atoms with Gasteiger partial charge in [0.1, 0.15) is 24.9 Å². The third-order valence-corrected chi connectivity index (χ3v) is 4.54. The summed E-state index contributed by atoms with van der Waals surface area (Å²) in [7, 11) is 0. The van der Waals surface area contributed by atoms with Crippen molar-refractivity contribution in [3.05, 3.63) is 24.3 Å². The van der Waals surface area contributed by atoms with Gasteiger partial charge >= 0.3 is 0 Å². The first-order chi connectivity index (χ1) is 13.1. The molecule has 1 atom stereocenters. The van der Waals surface area contributed by atoms with Gasteiger partial charge in [0.05, 0.1) is 45.3 Å². The summed E-state index contributed by atoms with van der Waals surface area (Å²) in [5.74, 6) is -0.835. The minimum absolute atomic E-state index is 0.125. The highest BCUT2D eigenvalue weighted by molar-refractivity contribution is 5.93. The van der Waals surface area contributed by atoms with Gasteiger partial charge in [-0.2, -0.15) is 0 Å². The standard InChI is InChI=1S/C19H29N3O5/c1-2-27-16-6-4-15(5-7-16)21-18(23)14-17(19(24)25)20-8-3-9-22-10-12-26-13-11-22/h4-7,17,20H,2-3,8-14H2,1H3,(H,21,23)(H,24,25)/p+1/t17-/m1/s1. The Morgan fingerprint density at radius 3 is 2.63 bits per heavy atom. The van der Waals surface area contributed by atoms with Gasteiger partial charge in [-0.15, -0.1) is 0 Å². The molecule has 1 amide bonds. The van der Waals surface area contributed by atoms with E-state index in [-0.39, 0.29) is 12.3 Å². The van der Waals surface area contributed by atoms with Crippen molar-refractivity contribution in [2.45, 2.75) is 25.8 Å². The number of morpholine rings is 1. The quantitative estimate of drug-likeness (QED) is 0.365. The molecule has 150 valence electrons. The molecule has 1 aliphatic rings. The van der Waals surface area contributed by atoms with E-state index in [0.29, 0.717) is 18.8 Å². The summed E-state index contributed by atoms with van der Waals surface area (Å²) in [6.45, 7) is 7.66. The normalized spacial score (nSPS) is 15.9. The van der Waals surface area contributed by atoms with Crippen LogP contribution < -0.4 is 25.4 Å². The number of quaternary nitrogens is 2. The highest BCUT2D eigenvalue weighted by Gasteiger charge is 2.19. The van der Waals surface area contributed by atoms with Crippen LogP contribution in [0.15, 0.2) is 24.3 Å². The zero-order valence-electron chi connectivity index (χ0n) is 15.9. The van der Waals surface area contributed by atoms with E-state index in [2.05, 4.69) is 5.32 Å². The Morgan fingerprint density at radius 2 is 2.00 bits per heavy atom. The molecule has 0 aromatic heterocycles. The van der Waals surface area contributed by atoms with E-state index in [1.807, 2.05) is 6.92 Å². The summed E-state index contributed by atoms with van der Waals surface area (Å²) in [5, 5.41) is 15.7. The molecule has 0 bridgehead atoms. The zero-order valence-corrected chi connectivity index (χ0v) is 15.9. The van der Waals surface area contributed by atoms with Crippen molar-refractivity contribution in [3.63, 3.8) is 0 Å². The summed E-state index contributed by atoms with van der Waals surface area (Å²) in [6, 6.07) is 6.09. The maximum absolute atomic E-state index is 12.1. The van der Waals surface area contributed by atoms with Crippen LogP contribution in [0.4, 0.5) is 5.69 Å². The Balaban J connectivity index is 1.71. The fraction of sp³-hybridized carbons (Fsp3) is 0.579. The van der Waals surface area contributed by atoms with Crippen LogP contribution in [0.25, 0.3) is 0 Å². The average molecular weight is 380 g/mol. The minimum atomic E-state index is -1.21. The molecule has 1 aromatic rings. The number of nitrogens with one attached hydrogen (secondary N) is 2. The Bertz CT molecular complexity index is 588. The highest BCUT2D eigenvalue weighted by atomic mass is 16.5. The van der Waals surface area contributed by atoms with Crippen LogP contribution in [-0.2, 0) is 14.3 Å². The third-order valence-electron chi connectivity index (χ3n) is 4.54. The number of nitrogens with two attached hydrogens (primary N) is 1. The first-order valence-corrected chi connectivity index (χ1v) is 9.56. The number of carboxylic acids is 1. The number of rotatable bonds is 11. The number of carbonyl (C=O) groups is 2. The number of aliphatic carboxylic acids is 1. The molecule has 1 fully saturated rings. The van der Waals surface area contributed by atoms with Gasteiger partial charge in [-0.05, 0) is 31.2 Å². The first-order valence-electron chi connectivity index (χ1n) is 9.56. The Kier molecular flexibility index (Phi) is 9.03. The van der Waals surface area contributed by atoms with Crippen LogP contribution in [0, 0.1) is 0 Å². The summed E-state index contributed by atoms with van der Waals surface area (Å²) < 4.78 is 10.7. The fourth-order valence-corrected chi connectivity index (χ4v) is 3.06. The van der Waals surface area contributed by atoms with E-state index in [1.54, 1.807) is 29.6 Å². The summed E-state index contributed by atoms with van der Waals surface area (Å²) in [6.07, 6.45) is 0.763. The number of hydrogen-bond acceptors (Lipinski definition) is 5. The van der Waals surface area contributed by atoms with Crippen LogP contribution in [-0.4, -0.2) is 63.9 Å². The molecule has 8 heteroatoms. The van der Waals surface area contributed by atoms with Gasteiger partial charge in [-0.1, -0.05) is 0 Å². The van der Waals surface area contributed by atoms with E-state index in [4.69, 9.17) is 9.47 Å². The van der Waals surface area contributed by atoms with Gasteiger partial charge in [0.15, 0.2) is 0 Å². The monoisotopic (exact) mass is 380 g/mol. The molecular formula is C19H30N3O5+. The Hall–Kier alpha value is -2.16. The summed E-state index contributed by atoms with van der Waals surface area (Å²) in [5.41, 5.74) is 0.608. The van der Waals surface area contributed by atoms with Crippen LogP contribution in [0.5, 0.6) is 5.75 Å². The maximum atomic E-state index is 12.1. The molecule has 1 saturated heterocycles. The van der Waals surface area contributed by atoms with Crippen LogP contribution in [0.1, 0.15) is 19.8 Å². The SMILES string of the molecule is CCOc1ccc(NC(=O)C[C@@H]([NH2+]CCC[NH+]2CCOCC2)C(=O)[O-])cc1. The maximum Gasteiger partial charge on any atom is 0.230 e. The van der Waals surface area contributed by atoms with Crippen molar-refractivity contribution in [1.82, 2.24) is 0 Å². The van der Waals surface area contributed by atoms with Crippen molar-refractivity contribution in [1.29, 1.82) is 0 Å². The lowest BCUT2D eigenvalue weighted by molar-refractivity contribution is -0.909. The number of carboxylic acid groups (broad SMARTS) is 1. The summed E-state index contributed by atoms with van der Waals surface area (Å²) in [4.78, 5) is 25.0. The molecule has 27 heavy (non-hydrogen) atoms. The van der Waals surface area contributed by atoms with Gasteiger partial charge in [0.2, 0.25) is 5.91 Å². The number of carbonyl (C=O) groups excluding carboxylic acids is 2. The van der Waals surface area contributed by atoms with Gasteiger partial charge in [-0.3, -0.25) is 4.79 Å². The second-order valence-electron chi connectivity index (χ2n) is 6.63. The van der Waals surface area contributed by atoms with E-state index in [9.17, 15) is 14.7 Å². The molecular weight excluding hydrogens is 350 g/mol. The van der Waals surface area contributed by atoms with Crippen LogP contribution >= 0.6 is 0 Å². The third kappa shape index (κ3) is 7.94. The number of amides is 1. The van der Waals surface area contributed by atoms with E-state index in [0.717, 1.165) is 45.0 Å². The van der Waals surface area contributed by atoms with Gasteiger partial charge in [0, 0.05) is 12.1 Å². The summed E-state index contributed by atoms with van der Waals surface area (Å²) >= 11 is 0. The van der Waals surface area contributed by atoms with E-state index >= 15 is 0 Å². The van der Waals surface area contributed by atoms with Crippen molar-refractivity contribution in [3.8, 4) is 5.75 Å². The number of ether oxygens (including phenoxy) is 2. The Morgan fingerprint density at radius 1 is 1.30 bits per heavy atom. The number of anilines is 1. The minimum Gasteiger partial charge on any atom is -0.544 e. The van der Waals surface area contributed by atoms with Crippen molar-refractivity contribution >= 4 is 17.6 Å². The molecule has 0 spiro atoms. The molecule has 0 aliphatic carbocycles. The molecule has 8 nitrogen and oxygen atoms in total. The second kappa shape index (κ2) is 11.5. The highest BCUT2D eigenvalue weighted by Crippen LogP contribution is 2.15. The lowest BCUT2D eigenvalue weighted by Crippen LogP contribution is -3.14. The smallest absolute Gasteiger partial charge is 0.230 e. The van der Waals surface area contributed by atoms with E-state index in [1.165, 1.54) is 4.90 Å². The van der Waals surface area contributed by atoms with E-state index < -0.39 is 12.0 Å². The molecule has 4 N–H and O–H groups in total. The molecule has 1 aliphatic heterocycles. The lowest BCUT2D eigenvalue weighted by atomic mass is 10.2. The number of benzene rings is 1. The van der Waals surface area contributed by atoms with Crippen molar-refractivity contribution in [2.24, 2.45) is 0 Å². The predicted molar refractivity (Wildman–Crippen MR) is 97.4 cm³/mol. The molecule has 1 aromatic carbocycles. The predicted octanol–water partition coefficient (Wildman–Crippen LogP) is -2.60. The molecule has 0 unspecified atom stereocenters. The van der Waals surface area contributed by atoms with Gasteiger partial charge < -0.3 is 34.9 Å². The molecule has 2 rings (SSSR count). The molecule has 0 radical (unpaired) electrons. The fourth-order valence-electron chi connectivity index (χ4n) is 3.06. The largest absolute Gasteiger partial charge is 0.544 e. The van der Waals surface area contributed by atoms with Crippen LogP contribution in [0.2, 0.25) is 0 Å². The lowest BCUT2D eigenvalue weighted by Gasteiger charge is -2.23. The average Bonchev–Trinajstić information content (AvgIpc) is 2.66. The molecule has 1 heterocycles. The second-order valence-corrected chi connectivity index (χ2v) is 6.63. The van der Waals surface area contributed by atoms with Gasteiger partial charge in [0.25, 0.3) is 0 Å². The zero-order chi connectivity index (χ0) is 19.5. The van der Waals surface area contributed by atoms with Gasteiger partial charge in [-0.25, -0.2) is 0 Å². The molecule has 0 saturated carbocycles. The van der Waals surface area contributed by atoms with Crippen molar-refractivity contribution < 1.29 is 34.4 Å². The Labute approximate surface area is 159 Å². The van der Waals surface area contributed by atoms with Crippen LogP contribution in [0.3, 0.4) is 0 Å². The first kappa shape index (κ1) is 21.1.